The maximum absolute atomic E-state index is 13.0. The molecule has 4 heteroatoms. The lowest BCUT2D eigenvalue weighted by molar-refractivity contribution is 0.507. The standard InChI is InChI=1S/C10H12ClF2N/c11-9-7(3-1-2-6-14)4-5-8(12)10(9)13/h4-5H,1-3,6,14H2. The molecule has 0 aromatic heterocycles. The highest BCUT2D eigenvalue weighted by Crippen LogP contribution is 2.23. The zero-order valence-electron chi connectivity index (χ0n) is 7.69. The third-order valence-electron chi connectivity index (χ3n) is 2.02. The van der Waals surface area contributed by atoms with Gasteiger partial charge >= 0.3 is 0 Å². The van der Waals surface area contributed by atoms with E-state index in [1.807, 2.05) is 0 Å². The van der Waals surface area contributed by atoms with Gasteiger partial charge in [0.15, 0.2) is 11.6 Å². The van der Waals surface area contributed by atoms with E-state index in [0.717, 1.165) is 18.9 Å². The highest BCUT2D eigenvalue weighted by molar-refractivity contribution is 6.31. The van der Waals surface area contributed by atoms with Crippen LogP contribution in [0.25, 0.3) is 0 Å². The molecule has 0 spiro atoms. The first kappa shape index (κ1) is 11.4. The van der Waals surface area contributed by atoms with E-state index in [-0.39, 0.29) is 5.02 Å². The van der Waals surface area contributed by atoms with E-state index in [2.05, 4.69) is 0 Å². The minimum atomic E-state index is -0.961. The number of hydrogen-bond acceptors (Lipinski definition) is 1. The van der Waals surface area contributed by atoms with Crippen LogP contribution in [0.15, 0.2) is 12.1 Å². The van der Waals surface area contributed by atoms with E-state index in [1.54, 1.807) is 0 Å². The van der Waals surface area contributed by atoms with Crippen molar-refractivity contribution in [3.05, 3.63) is 34.4 Å². The molecular weight excluding hydrogens is 208 g/mol. The number of rotatable bonds is 4. The predicted octanol–water partition coefficient (Wildman–Crippen LogP) is 2.90. The molecule has 0 radical (unpaired) electrons. The highest BCUT2D eigenvalue weighted by atomic mass is 35.5. The molecule has 0 heterocycles. The first-order chi connectivity index (χ1) is 6.66. The quantitative estimate of drug-likeness (QED) is 0.612. The third kappa shape index (κ3) is 2.66. The van der Waals surface area contributed by atoms with Crippen LogP contribution < -0.4 is 5.73 Å². The SMILES string of the molecule is NCCCCc1ccc(F)c(F)c1Cl. The second kappa shape index (κ2) is 5.27. The maximum Gasteiger partial charge on any atom is 0.177 e. The van der Waals surface area contributed by atoms with Crippen molar-refractivity contribution in [1.29, 1.82) is 0 Å². The zero-order valence-corrected chi connectivity index (χ0v) is 8.45. The van der Waals surface area contributed by atoms with E-state index >= 15 is 0 Å². The summed E-state index contributed by atoms with van der Waals surface area (Å²) in [5, 5.41) is -0.109. The molecule has 2 N–H and O–H groups in total. The number of aryl methyl sites for hydroxylation is 1. The minimum absolute atomic E-state index is 0.109. The molecule has 0 bridgehead atoms. The summed E-state index contributed by atoms with van der Waals surface area (Å²) in [7, 11) is 0. The molecule has 1 nitrogen and oxygen atoms in total. The van der Waals surface area contributed by atoms with Crippen LogP contribution in [0.2, 0.25) is 5.02 Å². The van der Waals surface area contributed by atoms with E-state index < -0.39 is 11.6 Å². The fraction of sp³-hybridized carbons (Fsp3) is 0.400. The fourth-order valence-corrected chi connectivity index (χ4v) is 1.47. The van der Waals surface area contributed by atoms with Crippen LogP contribution in [-0.4, -0.2) is 6.54 Å². The van der Waals surface area contributed by atoms with Gasteiger partial charge in [-0.2, -0.15) is 0 Å². The first-order valence-electron chi connectivity index (χ1n) is 4.49. The molecule has 1 rings (SSSR count). The fourth-order valence-electron chi connectivity index (χ4n) is 1.22. The summed E-state index contributed by atoms with van der Waals surface area (Å²) in [6.07, 6.45) is 2.32. The second-order valence-corrected chi connectivity index (χ2v) is 3.46. The lowest BCUT2D eigenvalue weighted by atomic mass is 10.1. The summed E-state index contributed by atoms with van der Waals surface area (Å²) < 4.78 is 25.6. The Morgan fingerprint density at radius 2 is 1.93 bits per heavy atom. The molecule has 0 aliphatic carbocycles. The summed E-state index contributed by atoms with van der Waals surface area (Å²) in [6, 6.07) is 2.61. The first-order valence-corrected chi connectivity index (χ1v) is 4.87. The third-order valence-corrected chi connectivity index (χ3v) is 2.42. The molecule has 78 valence electrons. The monoisotopic (exact) mass is 219 g/mol. The summed E-state index contributed by atoms with van der Waals surface area (Å²) in [5.74, 6) is -1.87. The van der Waals surface area contributed by atoms with Crippen molar-refractivity contribution >= 4 is 11.6 Å². The lowest BCUT2D eigenvalue weighted by Crippen LogP contribution is -2.00. The molecule has 0 amide bonds. The largest absolute Gasteiger partial charge is 0.330 e. The minimum Gasteiger partial charge on any atom is -0.330 e. The maximum atomic E-state index is 13.0. The molecule has 0 unspecified atom stereocenters. The molecule has 0 saturated carbocycles. The topological polar surface area (TPSA) is 26.0 Å². The predicted molar refractivity (Wildman–Crippen MR) is 53.4 cm³/mol. The van der Waals surface area contributed by atoms with Crippen LogP contribution in [0.4, 0.5) is 8.78 Å². The molecule has 0 saturated heterocycles. The van der Waals surface area contributed by atoms with Crippen LogP contribution in [0.5, 0.6) is 0 Å². The number of halogens is 3. The Kier molecular flexibility index (Phi) is 4.29. The van der Waals surface area contributed by atoms with E-state index in [1.165, 1.54) is 6.07 Å². The van der Waals surface area contributed by atoms with E-state index in [0.29, 0.717) is 18.5 Å². The van der Waals surface area contributed by atoms with Gasteiger partial charge < -0.3 is 5.73 Å². The van der Waals surface area contributed by atoms with Crippen LogP contribution in [0.1, 0.15) is 18.4 Å². The van der Waals surface area contributed by atoms with Gasteiger partial charge in [0.2, 0.25) is 0 Å². The molecule has 0 aliphatic heterocycles. The Morgan fingerprint density at radius 3 is 2.57 bits per heavy atom. The number of benzene rings is 1. The smallest absolute Gasteiger partial charge is 0.177 e. The number of unbranched alkanes of at least 4 members (excludes halogenated alkanes) is 1. The van der Waals surface area contributed by atoms with Gasteiger partial charge in [0, 0.05) is 0 Å². The van der Waals surface area contributed by atoms with Crippen LogP contribution in [0, 0.1) is 11.6 Å². The van der Waals surface area contributed by atoms with E-state index in [9.17, 15) is 8.78 Å². The molecule has 14 heavy (non-hydrogen) atoms. The van der Waals surface area contributed by atoms with Crippen LogP contribution >= 0.6 is 11.6 Å². The number of hydrogen-bond donors (Lipinski definition) is 1. The Bertz CT molecular complexity index is 315. The summed E-state index contributed by atoms with van der Waals surface area (Å²) in [4.78, 5) is 0. The molecule has 0 aliphatic rings. The van der Waals surface area contributed by atoms with Gasteiger partial charge in [-0.25, -0.2) is 8.78 Å². The van der Waals surface area contributed by atoms with Gasteiger partial charge in [-0.3, -0.25) is 0 Å². The van der Waals surface area contributed by atoms with Crippen molar-refractivity contribution in [2.45, 2.75) is 19.3 Å². The van der Waals surface area contributed by atoms with Gasteiger partial charge in [0.1, 0.15) is 0 Å². The normalized spacial score (nSPS) is 10.6. The summed E-state index contributed by atoms with van der Waals surface area (Å²) >= 11 is 5.63. The van der Waals surface area contributed by atoms with Gasteiger partial charge in [0.25, 0.3) is 0 Å². The van der Waals surface area contributed by atoms with Gasteiger partial charge in [-0.1, -0.05) is 17.7 Å². The average Bonchev–Trinajstić information content (AvgIpc) is 2.18. The Hall–Kier alpha value is -0.670. The van der Waals surface area contributed by atoms with Gasteiger partial charge in [-0.05, 0) is 37.4 Å². The molecule has 0 atom stereocenters. The van der Waals surface area contributed by atoms with Crippen molar-refractivity contribution in [1.82, 2.24) is 0 Å². The highest BCUT2D eigenvalue weighted by Gasteiger charge is 2.10. The van der Waals surface area contributed by atoms with Crippen molar-refractivity contribution in [2.75, 3.05) is 6.54 Å². The zero-order chi connectivity index (χ0) is 10.6. The molecule has 1 aromatic carbocycles. The Morgan fingerprint density at radius 1 is 1.21 bits per heavy atom. The lowest BCUT2D eigenvalue weighted by Gasteiger charge is -2.04. The number of nitrogens with two attached hydrogens (primary N) is 1. The van der Waals surface area contributed by atoms with Crippen LogP contribution in [-0.2, 0) is 6.42 Å². The summed E-state index contributed by atoms with van der Waals surface area (Å²) in [5.41, 5.74) is 5.96. The summed E-state index contributed by atoms with van der Waals surface area (Å²) in [6.45, 7) is 0.599. The Labute approximate surface area is 86.9 Å². The average molecular weight is 220 g/mol. The van der Waals surface area contributed by atoms with E-state index in [4.69, 9.17) is 17.3 Å². The van der Waals surface area contributed by atoms with Crippen LogP contribution in [0.3, 0.4) is 0 Å². The Balaban J connectivity index is 2.73. The van der Waals surface area contributed by atoms with Crippen molar-refractivity contribution < 1.29 is 8.78 Å². The molecular formula is C10H12ClF2N. The van der Waals surface area contributed by atoms with Gasteiger partial charge in [0.05, 0.1) is 5.02 Å². The van der Waals surface area contributed by atoms with Gasteiger partial charge in [-0.15, -0.1) is 0 Å². The molecule has 0 fully saturated rings. The van der Waals surface area contributed by atoms with Crippen molar-refractivity contribution in [2.24, 2.45) is 5.73 Å². The second-order valence-electron chi connectivity index (χ2n) is 3.08. The molecule has 1 aromatic rings. The van der Waals surface area contributed by atoms with Crippen molar-refractivity contribution in [3.8, 4) is 0 Å². The van der Waals surface area contributed by atoms with Crippen molar-refractivity contribution in [3.63, 3.8) is 0 Å².